The Bertz CT molecular complexity index is 1660. The van der Waals surface area contributed by atoms with Gasteiger partial charge in [0.05, 0.1) is 25.0 Å². The van der Waals surface area contributed by atoms with Crippen LogP contribution in [0.5, 0.6) is 0 Å². The van der Waals surface area contributed by atoms with Gasteiger partial charge in [0, 0.05) is 31.4 Å². The van der Waals surface area contributed by atoms with Crippen molar-refractivity contribution in [3.8, 4) is 11.4 Å². The molecular formula is C31H32F5N7O2. The molecule has 3 aliphatic heterocycles. The number of halogens is 5. The Morgan fingerprint density at radius 3 is 2.40 bits per heavy atom. The van der Waals surface area contributed by atoms with Crippen molar-refractivity contribution in [2.45, 2.75) is 52.4 Å². The van der Waals surface area contributed by atoms with Gasteiger partial charge in [0.2, 0.25) is 5.96 Å². The Morgan fingerprint density at radius 1 is 1.07 bits per heavy atom. The Kier molecular flexibility index (Phi) is 7.86. The number of carbonyl (C=O) groups is 2. The fourth-order valence-electron chi connectivity index (χ4n) is 6.06. The van der Waals surface area contributed by atoms with E-state index in [2.05, 4.69) is 4.98 Å². The van der Waals surface area contributed by atoms with Gasteiger partial charge in [-0.2, -0.15) is 13.2 Å². The van der Waals surface area contributed by atoms with E-state index in [1.54, 1.807) is 15.5 Å². The lowest BCUT2D eigenvalue weighted by atomic mass is 9.96. The number of fused-ring (bicyclic) bond motifs is 3. The minimum Gasteiger partial charge on any atom is -0.337 e. The Hall–Kier alpha value is -4.36. The van der Waals surface area contributed by atoms with Gasteiger partial charge < -0.3 is 9.47 Å². The highest BCUT2D eigenvalue weighted by molar-refractivity contribution is 6.18. The van der Waals surface area contributed by atoms with Gasteiger partial charge >= 0.3 is 6.18 Å². The summed E-state index contributed by atoms with van der Waals surface area (Å²) in [6.45, 7) is 6.78. The molecule has 1 aromatic carbocycles. The fourth-order valence-corrected chi connectivity index (χ4v) is 6.06. The Labute approximate surface area is 256 Å². The summed E-state index contributed by atoms with van der Waals surface area (Å²) in [4.78, 5) is 45.5. The van der Waals surface area contributed by atoms with Crippen LogP contribution in [0, 0.1) is 23.5 Å². The number of aliphatic imine (C=N–C) groups is 1. The van der Waals surface area contributed by atoms with Gasteiger partial charge in [0.25, 0.3) is 11.8 Å². The lowest BCUT2D eigenvalue weighted by molar-refractivity contribution is -0.183. The number of benzene rings is 1. The summed E-state index contributed by atoms with van der Waals surface area (Å²) in [5, 5.41) is 0. The minimum absolute atomic E-state index is 0.0229. The van der Waals surface area contributed by atoms with Crippen LogP contribution in [0.25, 0.3) is 11.4 Å². The molecule has 0 saturated carbocycles. The number of nitrogens with zero attached hydrogens (tertiary/aromatic N) is 7. The molecule has 5 heterocycles. The summed E-state index contributed by atoms with van der Waals surface area (Å²) < 4.78 is 69.0. The molecule has 0 spiro atoms. The molecule has 238 valence electrons. The van der Waals surface area contributed by atoms with Crippen LogP contribution >= 0.6 is 0 Å². The average Bonchev–Trinajstić information content (AvgIpc) is 3.61. The molecule has 0 unspecified atom stereocenters. The molecule has 2 amide bonds. The summed E-state index contributed by atoms with van der Waals surface area (Å²) in [6.07, 6.45) is -3.20. The number of likely N-dealkylation sites (tertiary alicyclic amines) is 1. The molecule has 14 heteroatoms. The number of guanidine groups is 1. The number of hydrogen-bond donors (Lipinski definition) is 0. The van der Waals surface area contributed by atoms with Crippen molar-refractivity contribution in [3.05, 3.63) is 65.1 Å². The highest BCUT2D eigenvalue weighted by Gasteiger charge is 2.45. The number of pyridine rings is 1. The number of hydrogen-bond acceptors (Lipinski definition) is 6. The minimum atomic E-state index is -4.29. The second-order valence-electron chi connectivity index (χ2n) is 11.9. The van der Waals surface area contributed by atoms with Crippen LogP contribution in [0.2, 0.25) is 0 Å². The van der Waals surface area contributed by atoms with Crippen molar-refractivity contribution in [1.29, 1.82) is 0 Å². The van der Waals surface area contributed by atoms with Crippen molar-refractivity contribution in [3.63, 3.8) is 0 Å². The quantitative estimate of drug-likeness (QED) is 0.343. The monoisotopic (exact) mass is 629 g/mol. The van der Waals surface area contributed by atoms with Crippen LogP contribution in [0.4, 0.5) is 27.8 Å². The summed E-state index contributed by atoms with van der Waals surface area (Å²) in [6, 6.07) is 6.57. The molecule has 45 heavy (non-hydrogen) atoms. The molecule has 3 aliphatic rings. The van der Waals surface area contributed by atoms with Crippen LogP contribution in [0.1, 0.15) is 60.2 Å². The molecule has 1 saturated heterocycles. The second-order valence-corrected chi connectivity index (χ2v) is 11.9. The standard InChI is InChI=1S/C31H32F5N7O2/c1-4-41-29(45)25-27(43-16-24(17(2)3)38-30(41)43)42(15-18-5-7-21(32)22(33)13-18)26(39-25)19-6-8-23(37-14-19)28(44)40-11-9-20(10-12-40)31(34,35)36/h5-8,13-14,17,20,24H,4,9-12,15-16H2,1-3H3/t24-/m0/s1. The lowest BCUT2D eigenvalue weighted by Gasteiger charge is -2.33. The van der Waals surface area contributed by atoms with E-state index in [1.165, 1.54) is 23.2 Å². The molecule has 1 fully saturated rings. The zero-order chi connectivity index (χ0) is 32.2. The van der Waals surface area contributed by atoms with Crippen LogP contribution < -0.4 is 4.90 Å². The highest BCUT2D eigenvalue weighted by atomic mass is 19.4. The lowest BCUT2D eigenvalue weighted by Crippen LogP contribution is -2.50. The van der Waals surface area contributed by atoms with Gasteiger partial charge in [-0.05, 0) is 55.5 Å². The van der Waals surface area contributed by atoms with E-state index < -0.39 is 29.6 Å². The summed E-state index contributed by atoms with van der Waals surface area (Å²) >= 11 is 0. The van der Waals surface area contributed by atoms with Crippen LogP contribution in [0.3, 0.4) is 0 Å². The number of aromatic nitrogens is 3. The van der Waals surface area contributed by atoms with E-state index in [0.29, 0.717) is 41.8 Å². The molecule has 0 bridgehead atoms. The van der Waals surface area contributed by atoms with E-state index in [4.69, 9.17) is 9.98 Å². The number of imidazole rings is 1. The van der Waals surface area contributed by atoms with Gasteiger partial charge in [-0.1, -0.05) is 19.9 Å². The van der Waals surface area contributed by atoms with Crippen molar-refractivity contribution >= 4 is 23.6 Å². The van der Waals surface area contributed by atoms with Crippen molar-refractivity contribution in [2.24, 2.45) is 16.8 Å². The van der Waals surface area contributed by atoms with Gasteiger partial charge in [-0.25, -0.2) is 18.8 Å². The largest absolute Gasteiger partial charge is 0.391 e. The first-order chi connectivity index (χ1) is 21.4. The maximum atomic E-state index is 14.2. The summed E-state index contributed by atoms with van der Waals surface area (Å²) in [5.74, 6) is -2.77. The molecule has 0 aliphatic carbocycles. The zero-order valence-electron chi connectivity index (χ0n) is 25.0. The molecule has 1 atom stereocenters. The maximum Gasteiger partial charge on any atom is 0.391 e. The van der Waals surface area contributed by atoms with E-state index in [1.807, 2.05) is 25.7 Å². The summed E-state index contributed by atoms with van der Waals surface area (Å²) in [7, 11) is 0. The topological polar surface area (TPSA) is 86.9 Å². The van der Waals surface area contributed by atoms with Gasteiger partial charge in [-0.15, -0.1) is 0 Å². The number of rotatable bonds is 6. The highest BCUT2D eigenvalue weighted by Crippen LogP contribution is 2.38. The van der Waals surface area contributed by atoms with E-state index in [0.717, 1.165) is 12.1 Å². The number of alkyl halides is 3. The zero-order valence-corrected chi connectivity index (χ0v) is 25.0. The first kappa shape index (κ1) is 30.7. The van der Waals surface area contributed by atoms with E-state index in [-0.39, 0.29) is 61.7 Å². The molecule has 3 aromatic rings. The predicted molar refractivity (Wildman–Crippen MR) is 156 cm³/mol. The van der Waals surface area contributed by atoms with Crippen LogP contribution in [-0.2, 0) is 6.54 Å². The number of anilines is 1. The Balaban J connectivity index is 1.37. The van der Waals surface area contributed by atoms with E-state index >= 15 is 0 Å². The molecule has 2 aromatic heterocycles. The second kappa shape index (κ2) is 11.5. The van der Waals surface area contributed by atoms with Crippen molar-refractivity contribution < 1.29 is 31.5 Å². The first-order valence-corrected chi connectivity index (χ1v) is 14.9. The van der Waals surface area contributed by atoms with Gasteiger partial charge in [0.15, 0.2) is 17.3 Å². The molecule has 9 nitrogen and oxygen atoms in total. The van der Waals surface area contributed by atoms with Crippen molar-refractivity contribution in [1.82, 2.24) is 24.3 Å². The molecule has 0 N–H and O–H groups in total. The van der Waals surface area contributed by atoms with Gasteiger partial charge in [0.1, 0.15) is 17.3 Å². The molecular weight excluding hydrogens is 597 g/mol. The normalized spacial score (nSPS) is 18.9. The maximum absolute atomic E-state index is 14.2. The van der Waals surface area contributed by atoms with Crippen molar-refractivity contribution in [2.75, 3.05) is 31.1 Å². The van der Waals surface area contributed by atoms with Gasteiger partial charge in [-0.3, -0.25) is 24.4 Å². The summed E-state index contributed by atoms with van der Waals surface area (Å²) in [5.41, 5.74) is 1.12. The van der Waals surface area contributed by atoms with Crippen LogP contribution in [-0.4, -0.2) is 80.5 Å². The third-order valence-corrected chi connectivity index (χ3v) is 8.67. The number of piperidine rings is 1. The smallest absolute Gasteiger partial charge is 0.337 e. The third kappa shape index (κ3) is 5.54. The Morgan fingerprint density at radius 2 is 1.80 bits per heavy atom. The fraction of sp³-hybridized carbons (Fsp3) is 0.452. The van der Waals surface area contributed by atoms with Crippen LogP contribution in [0.15, 0.2) is 41.5 Å². The number of carbonyl (C=O) groups excluding carboxylic acids is 2. The molecule has 0 radical (unpaired) electrons. The predicted octanol–water partition coefficient (Wildman–Crippen LogP) is 5.36. The first-order valence-electron chi connectivity index (χ1n) is 14.9. The average molecular weight is 630 g/mol. The number of amides is 2. The third-order valence-electron chi connectivity index (χ3n) is 8.67. The van der Waals surface area contributed by atoms with E-state index in [9.17, 15) is 31.5 Å². The molecule has 6 rings (SSSR count). The SMILES string of the molecule is CCN1C(=O)c2nc(-c3ccc(C(=O)N4CCC(C(F)(F)F)CC4)nc3)n(Cc3ccc(F)c(F)c3)c2N2C[C@@H](C(C)C)N=C12.